The smallest absolute Gasteiger partial charge is 0.472 e. The number of carboxylic acids is 1. The number of aliphatic carboxylic acids is 1. The summed E-state index contributed by atoms with van der Waals surface area (Å²) in [7, 11) is 0. The van der Waals surface area contributed by atoms with Gasteiger partial charge in [-0.1, -0.05) is 60.7 Å². The molecule has 2 aromatic carbocycles. The summed E-state index contributed by atoms with van der Waals surface area (Å²) >= 11 is 0. The number of esters is 1. The molecular formula is C18H15N2O5+. The lowest BCUT2D eigenvalue weighted by Gasteiger charge is -2.18. The molecule has 0 aromatic heterocycles. The molecule has 7 heteroatoms. The van der Waals surface area contributed by atoms with Gasteiger partial charge in [-0.2, -0.15) is 0 Å². The average molecular weight is 339 g/mol. The summed E-state index contributed by atoms with van der Waals surface area (Å²) in [4.78, 5) is 37.3. The van der Waals surface area contributed by atoms with Crippen molar-refractivity contribution in [1.29, 1.82) is 5.53 Å². The number of benzene rings is 2. The van der Waals surface area contributed by atoms with Crippen molar-refractivity contribution in [2.24, 2.45) is 0 Å². The van der Waals surface area contributed by atoms with Crippen molar-refractivity contribution in [3.05, 3.63) is 71.8 Å². The molecule has 0 radical (unpaired) electrons. The minimum atomic E-state index is -1.66. The van der Waals surface area contributed by atoms with Crippen molar-refractivity contribution in [2.75, 3.05) is 0 Å². The third kappa shape index (κ3) is 4.70. The van der Waals surface area contributed by atoms with Crippen molar-refractivity contribution in [2.45, 2.75) is 12.5 Å². The molecule has 0 aliphatic carbocycles. The topological polar surface area (TPSA) is 119 Å². The van der Waals surface area contributed by atoms with Crippen molar-refractivity contribution in [3.8, 4) is 0 Å². The van der Waals surface area contributed by atoms with Crippen LogP contribution in [0, 0.1) is 5.53 Å². The van der Waals surface area contributed by atoms with Crippen LogP contribution in [0.3, 0.4) is 0 Å². The van der Waals surface area contributed by atoms with Gasteiger partial charge in [0, 0.05) is 0 Å². The van der Waals surface area contributed by atoms with Gasteiger partial charge in [0.25, 0.3) is 5.78 Å². The molecule has 2 N–H and O–H groups in total. The van der Waals surface area contributed by atoms with E-state index in [1.807, 2.05) is 12.1 Å². The second-order valence-electron chi connectivity index (χ2n) is 5.06. The lowest BCUT2D eigenvalue weighted by Crippen LogP contribution is -2.28. The lowest BCUT2D eigenvalue weighted by molar-refractivity contribution is -0.155. The van der Waals surface area contributed by atoms with Crippen LogP contribution < -0.4 is 0 Å². The molecule has 0 saturated carbocycles. The van der Waals surface area contributed by atoms with Crippen LogP contribution in [0.2, 0.25) is 0 Å². The van der Waals surface area contributed by atoms with Gasteiger partial charge in [0.05, 0.1) is 10.3 Å². The maximum absolute atomic E-state index is 12.1. The van der Waals surface area contributed by atoms with E-state index in [0.717, 1.165) is 0 Å². The molecular weight excluding hydrogens is 324 g/mol. The Hall–Kier alpha value is -3.57. The quantitative estimate of drug-likeness (QED) is 0.263. The fourth-order valence-electron chi connectivity index (χ4n) is 2.20. The van der Waals surface area contributed by atoms with Gasteiger partial charge < -0.3 is 9.84 Å². The van der Waals surface area contributed by atoms with Gasteiger partial charge in [0.2, 0.25) is 0 Å². The van der Waals surface area contributed by atoms with Crippen LogP contribution in [0.25, 0.3) is 0 Å². The highest BCUT2D eigenvalue weighted by molar-refractivity contribution is 6.62. The molecule has 0 spiro atoms. The first-order valence-electron chi connectivity index (χ1n) is 7.33. The standard InChI is InChI=1S/C18H14N2O5/c19-20-16(18(23)24)14(21)11-15(22)25-17(12-7-3-1-4-8-12)13-9-5-2-6-10-13/h1-10,17,19H,11H2/p+1. The molecule has 0 heterocycles. The normalized spacial score (nSPS) is 9.96. The highest BCUT2D eigenvalue weighted by atomic mass is 16.5. The number of carbonyl (C=O) groups excluding carboxylic acids is 2. The Morgan fingerprint density at radius 2 is 1.44 bits per heavy atom. The number of carboxylic acid groups (broad SMARTS) is 1. The molecule has 0 saturated heterocycles. The summed E-state index contributed by atoms with van der Waals surface area (Å²) < 4.78 is 5.40. The van der Waals surface area contributed by atoms with Crippen LogP contribution in [0.1, 0.15) is 23.7 Å². The van der Waals surface area contributed by atoms with Crippen LogP contribution in [-0.4, -0.2) is 33.3 Å². The van der Waals surface area contributed by atoms with Crippen LogP contribution in [-0.2, 0) is 19.1 Å². The maximum Gasteiger partial charge on any atom is 0.490 e. The number of ether oxygens (including phenoxy) is 1. The Bertz CT molecular complexity index is 788. The van der Waals surface area contributed by atoms with Gasteiger partial charge in [0.15, 0.2) is 6.10 Å². The predicted octanol–water partition coefficient (Wildman–Crippen LogP) is 2.04. The summed E-state index contributed by atoms with van der Waals surface area (Å²) in [6, 6.07) is 17.9. The van der Waals surface area contributed by atoms with Crippen LogP contribution in [0.5, 0.6) is 0 Å². The molecule has 2 aromatic rings. The van der Waals surface area contributed by atoms with E-state index < -0.39 is 36.0 Å². The van der Waals surface area contributed by atoms with Gasteiger partial charge in [0.1, 0.15) is 6.42 Å². The van der Waals surface area contributed by atoms with E-state index in [-0.39, 0.29) is 0 Å². The fraction of sp³-hybridized carbons (Fsp3) is 0.111. The van der Waals surface area contributed by atoms with E-state index in [9.17, 15) is 14.4 Å². The van der Waals surface area contributed by atoms with Crippen molar-refractivity contribution >= 4 is 23.4 Å². The minimum absolute atomic E-state index is 0.710. The number of hydrogen-bond donors (Lipinski definition) is 2. The highest BCUT2D eigenvalue weighted by Gasteiger charge is 2.34. The third-order valence-electron chi connectivity index (χ3n) is 3.34. The lowest BCUT2D eigenvalue weighted by atomic mass is 10.0. The summed E-state index contributed by atoms with van der Waals surface area (Å²) in [5.74, 6) is -3.63. The number of nitrogens with zero attached hydrogens (tertiary/aromatic N) is 1. The first kappa shape index (κ1) is 17.8. The first-order valence-corrected chi connectivity index (χ1v) is 7.33. The van der Waals surface area contributed by atoms with E-state index in [2.05, 4.69) is 4.79 Å². The van der Waals surface area contributed by atoms with Crippen LogP contribution >= 0.6 is 0 Å². The summed E-state index contributed by atoms with van der Waals surface area (Å²) in [5.41, 5.74) is 7.12. The molecule has 0 aliphatic heterocycles. The zero-order valence-electron chi connectivity index (χ0n) is 13.1. The van der Waals surface area contributed by atoms with Crippen LogP contribution in [0.4, 0.5) is 0 Å². The Labute approximate surface area is 143 Å². The molecule has 0 fully saturated rings. The Morgan fingerprint density at radius 1 is 0.960 bits per heavy atom. The molecule has 7 nitrogen and oxygen atoms in total. The largest absolute Gasteiger partial charge is 0.490 e. The molecule has 0 unspecified atom stereocenters. The number of ketones is 1. The van der Waals surface area contributed by atoms with E-state index in [4.69, 9.17) is 15.4 Å². The SMILES string of the molecule is N=[N+]=C(C(=O)O)C(=O)CC(=O)OC(c1ccccc1)c1ccccc1. The second kappa shape index (κ2) is 8.33. The maximum atomic E-state index is 12.1. The number of nitrogens with one attached hydrogen (secondary N) is 1. The average Bonchev–Trinajstić information content (AvgIpc) is 2.61. The molecule has 2 rings (SSSR count). The number of Topliss-reactive ketones (excluding diaryl/α,β-unsaturated/α-hetero) is 1. The van der Waals surface area contributed by atoms with Crippen LogP contribution in [0.15, 0.2) is 60.7 Å². The summed E-state index contributed by atoms with van der Waals surface area (Å²) in [6.07, 6.45) is -1.54. The number of rotatable bonds is 7. The monoisotopic (exact) mass is 339 g/mol. The molecule has 0 bridgehead atoms. The highest BCUT2D eigenvalue weighted by Crippen LogP contribution is 2.26. The van der Waals surface area contributed by atoms with E-state index in [0.29, 0.717) is 11.1 Å². The van der Waals surface area contributed by atoms with Crippen molar-refractivity contribution < 1.29 is 29.0 Å². The zero-order chi connectivity index (χ0) is 18.2. The fourth-order valence-corrected chi connectivity index (χ4v) is 2.20. The molecule has 126 valence electrons. The van der Waals surface area contributed by atoms with E-state index >= 15 is 0 Å². The predicted molar refractivity (Wildman–Crippen MR) is 86.1 cm³/mol. The molecule has 0 aliphatic rings. The first-order chi connectivity index (χ1) is 12.0. The zero-order valence-corrected chi connectivity index (χ0v) is 13.1. The van der Waals surface area contributed by atoms with Crippen molar-refractivity contribution in [1.82, 2.24) is 0 Å². The third-order valence-corrected chi connectivity index (χ3v) is 3.34. The number of hydrogen-bond acceptors (Lipinski definition) is 5. The van der Waals surface area contributed by atoms with Gasteiger partial charge >= 0.3 is 17.7 Å². The minimum Gasteiger partial charge on any atom is -0.472 e. The summed E-state index contributed by atoms with van der Waals surface area (Å²) in [6.45, 7) is 0. The van der Waals surface area contributed by atoms with Gasteiger partial charge in [-0.15, -0.1) is 0 Å². The Kier molecular flexibility index (Phi) is 5.92. The van der Waals surface area contributed by atoms with E-state index in [1.165, 1.54) is 0 Å². The summed E-state index contributed by atoms with van der Waals surface area (Å²) in [5, 5.41) is 8.77. The van der Waals surface area contributed by atoms with Gasteiger partial charge in [-0.05, 0) is 11.1 Å². The number of carbonyl (C=O) groups is 3. The Morgan fingerprint density at radius 3 is 1.84 bits per heavy atom. The van der Waals surface area contributed by atoms with Gasteiger partial charge in [-0.3, -0.25) is 9.59 Å². The Balaban J connectivity index is 2.20. The molecule has 0 amide bonds. The van der Waals surface area contributed by atoms with E-state index in [1.54, 1.807) is 48.5 Å². The molecule has 0 atom stereocenters. The van der Waals surface area contributed by atoms with Crippen molar-refractivity contribution in [3.63, 3.8) is 0 Å². The second-order valence-corrected chi connectivity index (χ2v) is 5.06. The van der Waals surface area contributed by atoms with Gasteiger partial charge in [-0.25, -0.2) is 4.79 Å². The molecule has 25 heavy (non-hydrogen) atoms.